The van der Waals surface area contributed by atoms with Gasteiger partial charge in [-0.3, -0.25) is 4.79 Å². The van der Waals surface area contributed by atoms with Crippen molar-refractivity contribution in [3.8, 4) is 17.2 Å². The van der Waals surface area contributed by atoms with E-state index >= 15 is 0 Å². The van der Waals surface area contributed by atoms with E-state index in [1.165, 1.54) is 16.3 Å². The SMILES string of the molecule is CC(=O)c1ccc(-n2c(=O)n3n(c2=O)C2C(=CC3)C(C)(C)Oc3cc(OC(=O)[C@@H](NC(=O)OC(C)(C)C)C(C)C)ccc32)cc1. The molecule has 45 heavy (non-hydrogen) atoms. The summed E-state index contributed by atoms with van der Waals surface area (Å²) >= 11 is 0. The van der Waals surface area contributed by atoms with Gasteiger partial charge in [0.25, 0.3) is 0 Å². The zero-order valence-electron chi connectivity index (χ0n) is 26.7. The summed E-state index contributed by atoms with van der Waals surface area (Å²) in [4.78, 5) is 64.7. The molecule has 0 spiro atoms. The van der Waals surface area contributed by atoms with Gasteiger partial charge in [-0.1, -0.05) is 19.9 Å². The highest BCUT2D eigenvalue weighted by molar-refractivity contribution is 5.94. The number of allylic oxidation sites excluding steroid dienone is 1. The average molecular weight is 619 g/mol. The predicted octanol–water partition coefficient (Wildman–Crippen LogP) is 4.16. The number of nitrogens with one attached hydrogen (secondary N) is 1. The van der Waals surface area contributed by atoms with Gasteiger partial charge in [0, 0.05) is 17.2 Å². The van der Waals surface area contributed by atoms with E-state index in [4.69, 9.17) is 14.2 Å². The molecule has 1 unspecified atom stereocenters. The molecule has 0 saturated heterocycles. The molecule has 1 aromatic heterocycles. The predicted molar refractivity (Wildman–Crippen MR) is 165 cm³/mol. The first-order valence-electron chi connectivity index (χ1n) is 14.8. The maximum Gasteiger partial charge on any atom is 0.408 e. The van der Waals surface area contributed by atoms with Crippen LogP contribution in [0.15, 0.2) is 63.7 Å². The molecule has 2 aromatic carbocycles. The number of ether oxygens (including phenoxy) is 3. The lowest BCUT2D eigenvalue weighted by Gasteiger charge is -2.42. The Hall–Kier alpha value is -4.87. The van der Waals surface area contributed by atoms with Crippen LogP contribution in [0.3, 0.4) is 0 Å². The summed E-state index contributed by atoms with van der Waals surface area (Å²) < 4.78 is 21.2. The number of benzene rings is 2. The maximum atomic E-state index is 13.9. The van der Waals surface area contributed by atoms with E-state index in [2.05, 4.69) is 5.32 Å². The highest BCUT2D eigenvalue weighted by Crippen LogP contribution is 2.47. The van der Waals surface area contributed by atoms with Crippen molar-refractivity contribution in [3.63, 3.8) is 0 Å². The first-order chi connectivity index (χ1) is 21.0. The lowest BCUT2D eigenvalue weighted by atomic mass is 9.83. The van der Waals surface area contributed by atoms with E-state index in [-0.39, 0.29) is 24.0 Å². The van der Waals surface area contributed by atoms with Gasteiger partial charge in [0.1, 0.15) is 34.8 Å². The van der Waals surface area contributed by atoms with E-state index in [9.17, 15) is 24.0 Å². The number of carbonyl (C=O) groups excluding carboxylic acids is 3. The van der Waals surface area contributed by atoms with Gasteiger partial charge in [-0.25, -0.2) is 33.1 Å². The van der Waals surface area contributed by atoms with Crippen LogP contribution in [0.2, 0.25) is 0 Å². The van der Waals surface area contributed by atoms with Gasteiger partial charge in [0.15, 0.2) is 5.78 Å². The topological polar surface area (TPSA) is 140 Å². The van der Waals surface area contributed by atoms with Gasteiger partial charge >= 0.3 is 23.4 Å². The Bertz CT molecular complexity index is 1830. The van der Waals surface area contributed by atoms with E-state index in [1.54, 1.807) is 77.1 Å². The van der Waals surface area contributed by atoms with Crippen LogP contribution >= 0.6 is 0 Å². The summed E-state index contributed by atoms with van der Waals surface area (Å²) in [5, 5.41) is 2.59. The van der Waals surface area contributed by atoms with E-state index in [1.807, 2.05) is 19.9 Å². The van der Waals surface area contributed by atoms with Gasteiger partial charge in [-0.2, -0.15) is 0 Å². The summed E-state index contributed by atoms with van der Waals surface area (Å²) in [7, 11) is 0. The van der Waals surface area contributed by atoms with Gasteiger partial charge in [-0.05, 0) is 89.4 Å². The maximum absolute atomic E-state index is 13.9. The van der Waals surface area contributed by atoms with Crippen molar-refractivity contribution in [2.45, 2.75) is 85.2 Å². The molecule has 0 bridgehead atoms. The number of hydrogen-bond donors (Lipinski definition) is 1. The molecule has 0 radical (unpaired) electrons. The van der Waals surface area contributed by atoms with Crippen LogP contribution in [0.25, 0.3) is 5.69 Å². The molecule has 238 valence electrons. The van der Waals surface area contributed by atoms with Crippen molar-refractivity contribution < 1.29 is 28.6 Å². The minimum Gasteiger partial charge on any atom is -0.483 e. The molecule has 12 nitrogen and oxygen atoms in total. The summed E-state index contributed by atoms with van der Waals surface area (Å²) in [6, 6.07) is 9.51. The molecule has 12 heteroatoms. The van der Waals surface area contributed by atoms with Crippen LogP contribution in [0.1, 0.15) is 77.4 Å². The lowest BCUT2D eigenvalue weighted by molar-refractivity contribution is -0.137. The molecule has 3 aromatic rings. The van der Waals surface area contributed by atoms with Crippen LogP contribution in [0.4, 0.5) is 4.79 Å². The van der Waals surface area contributed by atoms with Gasteiger partial charge in [0.05, 0.1) is 12.2 Å². The monoisotopic (exact) mass is 618 g/mol. The molecular formula is C33H38N4O8. The molecule has 5 rings (SSSR count). The lowest BCUT2D eigenvalue weighted by Crippen LogP contribution is -2.48. The fraction of sp³-hybridized carbons (Fsp3) is 0.424. The summed E-state index contributed by atoms with van der Waals surface area (Å²) in [6.45, 7) is 14.1. The van der Waals surface area contributed by atoms with Crippen LogP contribution in [0, 0.1) is 5.92 Å². The zero-order chi connectivity index (χ0) is 33.0. The number of fused-ring (bicyclic) bond motifs is 5. The van der Waals surface area contributed by atoms with E-state index < -0.39 is 46.7 Å². The molecule has 0 fully saturated rings. The Kier molecular flexibility index (Phi) is 7.88. The standard InChI is InChI=1S/C33H38N4O8/c1-18(2)26(34-29(40)45-32(4,5)6)28(39)43-22-13-14-23-25(17-22)44-33(7,8)24-15-16-35-30(41)36(31(42)37(35)27(23)24)21-11-9-20(10-12-21)19(3)38/h9-15,17-18,26-27H,16H2,1-8H3,(H,34,40)/t26-,27?/m0/s1. The number of carbonyl (C=O) groups is 3. The van der Waals surface area contributed by atoms with Crippen molar-refractivity contribution in [2.24, 2.45) is 5.92 Å². The molecule has 2 aliphatic rings. The van der Waals surface area contributed by atoms with Crippen molar-refractivity contribution in [2.75, 3.05) is 0 Å². The number of nitrogens with zero attached hydrogens (tertiary/aromatic N) is 3. The molecule has 1 amide bonds. The molecule has 2 aliphatic heterocycles. The molecule has 1 N–H and O–H groups in total. The molecule has 0 saturated carbocycles. The summed E-state index contributed by atoms with van der Waals surface area (Å²) in [5.74, 6) is -0.538. The Morgan fingerprint density at radius 3 is 2.29 bits per heavy atom. The van der Waals surface area contributed by atoms with Crippen molar-refractivity contribution >= 4 is 17.8 Å². The number of rotatable bonds is 6. The number of ketones is 1. The van der Waals surface area contributed by atoms with Crippen molar-refractivity contribution in [3.05, 3.63) is 86.2 Å². The van der Waals surface area contributed by atoms with Crippen LogP contribution in [-0.2, 0) is 16.1 Å². The smallest absolute Gasteiger partial charge is 0.408 e. The van der Waals surface area contributed by atoms with Crippen LogP contribution in [-0.4, -0.2) is 49.0 Å². The minimum absolute atomic E-state index is 0.124. The zero-order valence-corrected chi connectivity index (χ0v) is 26.7. The van der Waals surface area contributed by atoms with Crippen molar-refractivity contribution in [1.82, 2.24) is 19.2 Å². The Morgan fingerprint density at radius 2 is 1.69 bits per heavy atom. The second-order valence-electron chi connectivity index (χ2n) is 13.1. The molecule has 0 aliphatic carbocycles. The highest BCUT2D eigenvalue weighted by atomic mass is 16.6. The number of alkyl carbamates (subject to hydrolysis) is 1. The van der Waals surface area contributed by atoms with Crippen LogP contribution in [0.5, 0.6) is 11.5 Å². The van der Waals surface area contributed by atoms with Gasteiger partial charge < -0.3 is 19.5 Å². The highest BCUT2D eigenvalue weighted by Gasteiger charge is 2.44. The van der Waals surface area contributed by atoms with Crippen molar-refractivity contribution in [1.29, 1.82) is 0 Å². The number of hydrogen-bond acceptors (Lipinski definition) is 8. The normalized spacial score (nSPS) is 17.2. The van der Waals surface area contributed by atoms with Gasteiger partial charge in [-0.15, -0.1) is 0 Å². The van der Waals surface area contributed by atoms with Gasteiger partial charge in [0.2, 0.25) is 0 Å². The molecule has 3 heterocycles. The fourth-order valence-electron chi connectivity index (χ4n) is 5.62. The largest absolute Gasteiger partial charge is 0.483 e. The summed E-state index contributed by atoms with van der Waals surface area (Å²) in [6.07, 6.45) is 1.16. The Balaban J connectivity index is 1.50. The quantitative estimate of drug-likeness (QED) is 0.188. The Morgan fingerprint density at radius 1 is 1.02 bits per heavy atom. The third kappa shape index (κ3) is 5.96. The molecular weight excluding hydrogens is 580 g/mol. The van der Waals surface area contributed by atoms with E-state index in [0.29, 0.717) is 22.6 Å². The number of esters is 1. The van der Waals surface area contributed by atoms with E-state index in [0.717, 1.165) is 10.1 Å². The Labute approximate surface area is 260 Å². The third-order valence-corrected chi connectivity index (χ3v) is 7.77. The van der Waals surface area contributed by atoms with Crippen LogP contribution < -0.4 is 26.2 Å². The number of aromatic nitrogens is 3. The second-order valence-corrected chi connectivity index (χ2v) is 13.1. The number of amides is 1. The first kappa shape index (κ1) is 31.6. The average Bonchev–Trinajstić information content (AvgIpc) is 3.19. The second kappa shape index (κ2) is 11.2. The molecule has 2 atom stereocenters. The minimum atomic E-state index is -0.974. The fourth-order valence-corrected chi connectivity index (χ4v) is 5.62. The number of Topliss-reactive ketones (excluding diaryl/α,β-unsaturated/α-hetero) is 1. The third-order valence-electron chi connectivity index (χ3n) is 7.77. The summed E-state index contributed by atoms with van der Waals surface area (Å²) in [5.41, 5.74) is -0.447. The first-order valence-corrected chi connectivity index (χ1v) is 14.8.